The summed E-state index contributed by atoms with van der Waals surface area (Å²) in [7, 11) is -3.59. The average molecular weight is 391 g/mol. The van der Waals surface area contributed by atoms with E-state index in [9.17, 15) is 13.2 Å². The molecule has 1 amide bonds. The summed E-state index contributed by atoms with van der Waals surface area (Å²) in [5.41, 5.74) is 0.638. The van der Waals surface area contributed by atoms with Gasteiger partial charge in [-0.15, -0.1) is 0 Å². The molecule has 0 bridgehead atoms. The molecule has 8 heteroatoms. The van der Waals surface area contributed by atoms with Gasteiger partial charge in [0.2, 0.25) is 0 Å². The molecule has 0 N–H and O–H groups in total. The number of amides is 1. The number of fused-ring (bicyclic) bond motifs is 1. The number of sulfone groups is 1. The van der Waals surface area contributed by atoms with Gasteiger partial charge in [0.05, 0.1) is 23.0 Å². The zero-order valence-electron chi connectivity index (χ0n) is 15.9. The number of piperidine rings is 1. The van der Waals surface area contributed by atoms with Gasteiger partial charge in [0.1, 0.15) is 5.60 Å². The van der Waals surface area contributed by atoms with Crippen LogP contribution in [0.3, 0.4) is 0 Å². The highest BCUT2D eigenvalue weighted by atomic mass is 32.2. The lowest BCUT2D eigenvalue weighted by molar-refractivity contribution is 0.0176. The van der Waals surface area contributed by atoms with Crippen molar-refractivity contribution in [2.24, 2.45) is 5.92 Å². The number of hydrogen-bond acceptors (Lipinski definition) is 6. The zero-order chi connectivity index (χ0) is 19.7. The van der Waals surface area contributed by atoms with Crippen molar-refractivity contribution in [3.63, 3.8) is 0 Å². The molecule has 1 unspecified atom stereocenters. The van der Waals surface area contributed by atoms with Crippen LogP contribution in [-0.2, 0) is 14.6 Å². The fraction of sp³-hybridized carbons (Fsp3) is 0.526. The van der Waals surface area contributed by atoms with Gasteiger partial charge < -0.3 is 9.64 Å². The number of benzene rings is 1. The molecular weight excluding hydrogens is 366 g/mol. The maximum atomic E-state index is 12.8. The van der Waals surface area contributed by atoms with E-state index in [2.05, 4.69) is 9.97 Å². The van der Waals surface area contributed by atoms with E-state index in [4.69, 9.17) is 4.74 Å². The summed E-state index contributed by atoms with van der Waals surface area (Å²) < 4.78 is 31.0. The summed E-state index contributed by atoms with van der Waals surface area (Å²) in [5, 5.41) is -0.0180. The number of carbonyl (C=O) groups is 1. The van der Waals surface area contributed by atoms with Crippen LogP contribution in [0.5, 0.6) is 0 Å². The third-order valence-electron chi connectivity index (χ3n) is 4.37. The molecule has 1 aromatic heterocycles. The van der Waals surface area contributed by atoms with Crippen molar-refractivity contribution < 1.29 is 17.9 Å². The van der Waals surface area contributed by atoms with Crippen LogP contribution in [0.4, 0.5) is 4.79 Å². The van der Waals surface area contributed by atoms with Crippen LogP contribution in [0.1, 0.15) is 33.6 Å². The van der Waals surface area contributed by atoms with Gasteiger partial charge in [0, 0.05) is 13.1 Å². The summed E-state index contributed by atoms with van der Waals surface area (Å²) in [6.07, 6.45) is 2.42. The highest BCUT2D eigenvalue weighted by Gasteiger charge is 2.31. The van der Waals surface area contributed by atoms with Gasteiger partial charge in [0.25, 0.3) is 0 Å². The Bertz CT molecular complexity index is 937. The second kappa shape index (κ2) is 7.42. The van der Waals surface area contributed by atoms with Gasteiger partial charge in [-0.3, -0.25) is 4.98 Å². The minimum Gasteiger partial charge on any atom is -0.444 e. The quantitative estimate of drug-likeness (QED) is 0.799. The standard InChI is InChI=1S/C19H25N3O4S/c1-19(2,3)26-18(23)22-10-6-7-14(12-22)13-27(24,25)17-11-20-15-8-4-5-9-16(15)21-17/h4-5,8-9,11,14H,6-7,10,12-13H2,1-3H3. The van der Waals surface area contributed by atoms with E-state index in [0.29, 0.717) is 24.1 Å². The number of nitrogens with zero attached hydrogens (tertiary/aromatic N) is 3. The Morgan fingerprint density at radius 3 is 2.67 bits per heavy atom. The second-order valence-electron chi connectivity index (χ2n) is 7.91. The number of aromatic nitrogens is 2. The summed E-state index contributed by atoms with van der Waals surface area (Å²) in [6.45, 7) is 6.40. The highest BCUT2D eigenvalue weighted by Crippen LogP contribution is 2.23. The Labute approximate surface area is 159 Å². The van der Waals surface area contributed by atoms with Crippen LogP contribution in [0.25, 0.3) is 11.0 Å². The molecule has 2 aromatic rings. The van der Waals surface area contributed by atoms with Crippen molar-refractivity contribution in [1.29, 1.82) is 0 Å². The van der Waals surface area contributed by atoms with Crippen LogP contribution in [0, 0.1) is 5.92 Å². The molecule has 146 valence electrons. The zero-order valence-corrected chi connectivity index (χ0v) is 16.7. The maximum absolute atomic E-state index is 12.8. The van der Waals surface area contributed by atoms with Crippen molar-refractivity contribution in [2.45, 2.75) is 44.2 Å². The molecule has 1 aliphatic heterocycles. The van der Waals surface area contributed by atoms with Gasteiger partial charge in [0.15, 0.2) is 14.9 Å². The number of carbonyl (C=O) groups excluding carboxylic acids is 1. The highest BCUT2D eigenvalue weighted by molar-refractivity contribution is 7.91. The van der Waals surface area contributed by atoms with E-state index in [1.54, 1.807) is 23.1 Å². The van der Waals surface area contributed by atoms with Crippen LogP contribution >= 0.6 is 0 Å². The Morgan fingerprint density at radius 1 is 1.26 bits per heavy atom. The third kappa shape index (κ3) is 4.94. The van der Waals surface area contributed by atoms with Gasteiger partial charge in [-0.1, -0.05) is 12.1 Å². The monoisotopic (exact) mass is 391 g/mol. The summed E-state index contributed by atoms with van der Waals surface area (Å²) >= 11 is 0. The molecule has 0 radical (unpaired) electrons. The molecule has 1 fully saturated rings. The van der Waals surface area contributed by atoms with Gasteiger partial charge in [-0.05, 0) is 51.7 Å². The molecule has 1 aromatic carbocycles. The lowest BCUT2D eigenvalue weighted by Gasteiger charge is -2.33. The van der Waals surface area contributed by atoms with Crippen LogP contribution in [0.2, 0.25) is 0 Å². The van der Waals surface area contributed by atoms with Crippen molar-refractivity contribution in [2.75, 3.05) is 18.8 Å². The molecule has 1 atom stereocenters. The third-order valence-corrected chi connectivity index (χ3v) is 6.12. The minimum atomic E-state index is -3.59. The first-order valence-corrected chi connectivity index (χ1v) is 10.7. The number of hydrogen-bond donors (Lipinski definition) is 0. The van der Waals surface area contributed by atoms with Crippen molar-refractivity contribution >= 4 is 27.0 Å². The Morgan fingerprint density at radius 2 is 1.96 bits per heavy atom. The largest absolute Gasteiger partial charge is 0.444 e. The van der Waals surface area contributed by atoms with Gasteiger partial charge in [-0.25, -0.2) is 18.2 Å². The fourth-order valence-electron chi connectivity index (χ4n) is 3.18. The molecule has 0 aliphatic carbocycles. The van der Waals surface area contributed by atoms with E-state index < -0.39 is 21.5 Å². The van der Waals surface area contributed by atoms with Crippen molar-refractivity contribution in [3.05, 3.63) is 30.5 Å². The number of rotatable bonds is 3. The summed E-state index contributed by atoms with van der Waals surface area (Å²) in [6, 6.07) is 7.16. The Balaban J connectivity index is 1.71. The van der Waals surface area contributed by atoms with E-state index >= 15 is 0 Å². The molecule has 7 nitrogen and oxygen atoms in total. The first-order chi connectivity index (χ1) is 12.6. The second-order valence-corrected chi connectivity index (χ2v) is 9.89. The van der Waals surface area contributed by atoms with Crippen LogP contribution in [-0.4, -0.2) is 53.8 Å². The van der Waals surface area contributed by atoms with Crippen molar-refractivity contribution in [3.8, 4) is 0 Å². The van der Waals surface area contributed by atoms with E-state index in [-0.39, 0.29) is 16.7 Å². The predicted octanol–water partition coefficient (Wildman–Crippen LogP) is 3.05. The first-order valence-electron chi connectivity index (χ1n) is 9.06. The van der Waals surface area contributed by atoms with Crippen LogP contribution in [0.15, 0.2) is 35.5 Å². The smallest absolute Gasteiger partial charge is 0.410 e. The van der Waals surface area contributed by atoms with Gasteiger partial charge in [-0.2, -0.15) is 0 Å². The van der Waals surface area contributed by atoms with E-state index in [1.165, 1.54) is 6.20 Å². The molecule has 1 saturated heterocycles. The molecule has 27 heavy (non-hydrogen) atoms. The number of likely N-dealkylation sites (tertiary alicyclic amines) is 1. The minimum absolute atomic E-state index is 0.0180. The number of ether oxygens (including phenoxy) is 1. The predicted molar refractivity (Wildman–Crippen MR) is 102 cm³/mol. The van der Waals surface area contributed by atoms with Gasteiger partial charge >= 0.3 is 6.09 Å². The first kappa shape index (κ1) is 19.5. The van der Waals surface area contributed by atoms with Crippen molar-refractivity contribution in [1.82, 2.24) is 14.9 Å². The topological polar surface area (TPSA) is 89.5 Å². The maximum Gasteiger partial charge on any atom is 0.410 e. The van der Waals surface area contributed by atoms with Crippen LogP contribution < -0.4 is 0 Å². The normalized spacial score (nSPS) is 18.5. The summed E-state index contributed by atoms with van der Waals surface area (Å²) in [4.78, 5) is 22.3. The molecule has 2 heterocycles. The lowest BCUT2D eigenvalue weighted by atomic mass is 10.0. The molecule has 1 aliphatic rings. The molecular formula is C19H25N3O4S. The molecule has 0 saturated carbocycles. The Hall–Kier alpha value is -2.22. The van der Waals surface area contributed by atoms with E-state index in [0.717, 1.165) is 12.8 Å². The number of para-hydroxylation sites is 2. The Kier molecular flexibility index (Phi) is 5.37. The fourth-order valence-corrected chi connectivity index (χ4v) is 4.69. The summed E-state index contributed by atoms with van der Waals surface area (Å²) in [5.74, 6) is -0.205. The SMILES string of the molecule is CC(C)(C)OC(=O)N1CCCC(CS(=O)(=O)c2cnc3ccccc3n2)C1. The molecule has 0 spiro atoms. The molecule has 3 rings (SSSR count). The lowest BCUT2D eigenvalue weighted by Crippen LogP contribution is -2.44. The van der Waals surface area contributed by atoms with E-state index in [1.807, 2.05) is 26.8 Å². The average Bonchev–Trinajstić information content (AvgIpc) is 2.59.